The van der Waals surface area contributed by atoms with Crippen molar-refractivity contribution in [2.45, 2.75) is 50.8 Å². The van der Waals surface area contributed by atoms with Crippen LogP contribution in [0.1, 0.15) is 22.3 Å². The third-order valence-corrected chi connectivity index (χ3v) is 6.44. The van der Waals surface area contributed by atoms with E-state index in [0.29, 0.717) is 19.5 Å². The minimum Gasteiger partial charge on any atom is -0.383 e. The van der Waals surface area contributed by atoms with Crippen molar-refractivity contribution >= 4 is 6.29 Å². The van der Waals surface area contributed by atoms with Gasteiger partial charge in [0.15, 0.2) is 6.29 Å². The van der Waals surface area contributed by atoms with Crippen molar-refractivity contribution < 1.29 is 28.8 Å². The van der Waals surface area contributed by atoms with E-state index in [1.165, 1.54) is 0 Å². The molecule has 0 fully saturated rings. The molecule has 6 heteroatoms. The first kappa shape index (κ1) is 29.3. The second-order valence-corrected chi connectivity index (χ2v) is 9.48. The van der Waals surface area contributed by atoms with Crippen LogP contribution in [-0.4, -0.2) is 42.4 Å². The summed E-state index contributed by atoms with van der Waals surface area (Å²) < 4.78 is 25.1. The predicted molar refractivity (Wildman–Crippen MR) is 153 cm³/mol. The molecule has 40 heavy (non-hydrogen) atoms. The van der Waals surface area contributed by atoms with Gasteiger partial charge in [-0.2, -0.15) is 0 Å². The van der Waals surface area contributed by atoms with Gasteiger partial charge in [-0.25, -0.2) is 0 Å². The lowest BCUT2D eigenvalue weighted by Crippen LogP contribution is -2.50. The molecular formula is C34H36O6. The van der Waals surface area contributed by atoms with Gasteiger partial charge in [0, 0.05) is 0 Å². The van der Waals surface area contributed by atoms with Gasteiger partial charge in [-0.3, -0.25) is 0 Å². The summed E-state index contributed by atoms with van der Waals surface area (Å²) in [5.41, 5.74) is 3.86. The highest BCUT2D eigenvalue weighted by Crippen LogP contribution is 2.21. The summed E-state index contributed by atoms with van der Waals surface area (Å²) in [6, 6.07) is 39.0. The lowest BCUT2D eigenvalue weighted by atomic mass is 10.0. The molecule has 1 N–H and O–H groups in total. The standard InChI is InChI=1S/C34H36O6/c35-21-31(36)33(39-24-29-17-9-3-10-18-29)34(40-25-30-19-11-4-12-20-30)32(38-23-28-15-7-2-8-16-28)26-37-22-27-13-5-1-6-14-27/h1-21,31-34,36H,22-26H2/t31-,32+,33+,34+/m0/s1. The number of hydrogen-bond acceptors (Lipinski definition) is 6. The monoisotopic (exact) mass is 540 g/mol. The predicted octanol–water partition coefficient (Wildman–Crippen LogP) is 5.52. The van der Waals surface area contributed by atoms with E-state index in [2.05, 4.69) is 0 Å². The Bertz CT molecular complexity index is 1220. The molecule has 0 aliphatic rings. The molecule has 0 aliphatic heterocycles. The number of hydrogen-bond donors (Lipinski definition) is 1. The highest BCUT2D eigenvalue weighted by atomic mass is 16.6. The van der Waals surface area contributed by atoms with Crippen LogP contribution in [0, 0.1) is 0 Å². The molecule has 4 aromatic carbocycles. The molecule has 0 saturated carbocycles. The van der Waals surface area contributed by atoms with Gasteiger partial charge in [0.2, 0.25) is 0 Å². The molecule has 208 valence electrons. The molecule has 4 rings (SSSR count). The molecule has 4 aromatic rings. The number of aliphatic hydroxyl groups excluding tert-OH is 1. The first-order valence-electron chi connectivity index (χ1n) is 13.4. The second-order valence-electron chi connectivity index (χ2n) is 9.48. The molecule has 4 atom stereocenters. The highest BCUT2D eigenvalue weighted by molar-refractivity contribution is 5.56. The molecule has 0 amide bonds. The van der Waals surface area contributed by atoms with Crippen LogP contribution in [0.15, 0.2) is 121 Å². The van der Waals surface area contributed by atoms with Crippen LogP contribution in [-0.2, 0) is 50.2 Å². The second kappa shape index (κ2) is 16.5. The van der Waals surface area contributed by atoms with Crippen molar-refractivity contribution in [3.05, 3.63) is 144 Å². The maximum Gasteiger partial charge on any atom is 0.151 e. The molecule has 0 saturated heterocycles. The van der Waals surface area contributed by atoms with Gasteiger partial charge in [0.05, 0.1) is 33.0 Å². The van der Waals surface area contributed by atoms with E-state index in [0.717, 1.165) is 22.3 Å². The van der Waals surface area contributed by atoms with E-state index >= 15 is 0 Å². The minimum absolute atomic E-state index is 0.165. The fourth-order valence-corrected chi connectivity index (χ4v) is 4.29. The summed E-state index contributed by atoms with van der Waals surface area (Å²) in [7, 11) is 0. The van der Waals surface area contributed by atoms with Crippen LogP contribution in [0.3, 0.4) is 0 Å². The van der Waals surface area contributed by atoms with E-state index < -0.39 is 24.4 Å². The van der Waals surface area contributed by atoms with Gasteiger partial charge in [-0.1, -0.05) is 121 Å². The smallest absolute Gasteiger partial charge is 0.151 e. The summed E-state index contributed by atoms with van der Waals surface area (Å²) in [4.78, 5) is 11.9. The van der Waals surface area contributed by atoms with Crippen LogP contribution < -0.4 is 0 Å². The number of benzene rings is 4. The van der Waals surface area contributed by atoms with Crippen molar-refractivity contribution in [3.63, 3.8) is 0 Å². The Hall–Kier alpha value is -3.65. The van der Waals surface area contributed by atoms with Gasteiger partial charge in [0.1, 0.15) is 24.4 Å². The zero-order valence-corrected chi connectivity index (χ0v) is 22.5. The fourth-order valence-electron chi connectivity index (χ4n) is 4.29. The number of carbonyl (C=O) groups excluding carboxylic acids is 1. The Morgan fingerprint density at radius 1 is 0.525 bits per heavy atom. The average molecular weight is 541 g/mol. The Morgan fingerprint density at radius 3 is 1.32 bits per heavy atom. The SMILES string of the molecule is O=C[C@H](O)[C@@H](OCc1ccccc1)[C@H](OCc1ccccc1)[C@@H](COCc1ccccc1)OCc1ccccc1. The average Bonchev–Trinajstić information content (AvgIpc) is 3.02. The Labute approximate surface area is 236 Å². The molecular weight excluding hydrogens is 504 g/mol. The maximum absolute atomic E-state index is 11.9. The van der Waals surface area contributed by atoms with E-state index in [9.17, 15) is 9.90 Å². The minimum atomic E-state index is -1.43. The molecule has 0 aliphatic carbocycles. The van der Waals surface area contributed by atoms with Crippen molar-refractivity contribution in [1.29, 1.82) is 0 Å². The van der Waals surface area contributed by atoms with Crippen LogP contribution in [0.4, 0.5) is 0 Å². The third-order valence-electron chi connectivity index (χ3n) is 6.44. The molecule has 0 unspecified atom stereocenters. The number of aldehydes is 1. The number of rotatable bonds is 17. The lowest BCUT2D eigenvalue weighted by molar-refractivity contribution is -0.189. The Balaban J connectivity index is 1.58. The Morgan fingerprint density at radius 2 is 0.900 bits per heavy atom. The van der Waals surface area contributed by atoms with Crippen LogP contribution in [0.2, 0.25) is 0 Å². The van der Waals surface area contributed by atoms with Crippen molar-refractivity contribution in [1.82, 2.24) is 0 Å². The summed E-state index contributed by atoms with van der Waals surface area (Å²) in [5, 5.41) is 10.8. The van der Waals surface area contributed by atoms with Crippen LogP contribution in [0.25, 0.3) is 0 Å². The molecule has 0 bridgehead atoms. The zero-order chi connectivity index (χ0) is 27.8. The third kappa shape index (κ3) is 9.52. The van der Waals surface area contributed by atoms with Crippen molar-refractivity contribution in [2.24, 2.45) is 0 Å². The largest absolute Gasteiger partial charge is 0.383 e. The maximum atomic E-state index is 11.9. The van der Waals surface area contributed by atoms with Gasteiger partial charge in [0.25, 0.3) is 0 Å². The number of aliphatic hydroxyl groups is 1. The Kier molecular flexibility index (Phi) is 12.1. The van der Waals surface area contributed by atoms with E-state index in [4.69, 9.17) is 18.9 Å². The van der Waals surface area contributed by atoms with E-state index in [1.54, 1.807) is 0 Å². The first-order valence-corrected chi connectivity index (χ1v) is 13.4. The fraction of sp³-hybridized carbons (Fsp3) is 0.265. The van der Waals surface area contributed by atoms with Gasteiger partial charge in [-0.15, -0.1) is 0 Å². The number of carbonyl (C=O) groups is 1. The molecule has 0 spiro atoms. The molecule has 0 aromatic heterocycles. The summed E-state index contributed by atoms with van der Waals surface area (Å²) >= 11 is 0. The van der Waals surface area contributed by atoms with E-state index in [-0.39, 0.29) is 19.8 Å². The van der Waals surface area contributed by atoms with Crippen LogP contribution >= 0.6 is 0 Å². The van der Waals surface area contributed by atoms with Crippen molar-refractivity contribution in [3.8, 4) is 0 Å². The quantitative estimate of drug-likeness (QED) is 0.178. The van der Waals surface area contributed by atoms with Crippen molar-refractivity contribution in [2.75, 3.05) is 6.61 Å². The molecule has 0 heterocycles. The normalized spacial score (nSPS) is 14.2. The van der Waals surface area contributed by atoms with Crippen LogP contribution in [0.5, 0.6) is 0 Å². The van der Waals surface area contributed by atoms with Gasteiger partial charge < -0.3 is 28.8 Å². The summed E-state index contributed by atoms with van der Waals surface area (Å²) in [5.74, 6) is 0. The molecule has 0 radical (unpaired) electrons. The summed E-state index contributed by atoms with van der Waals surface area (Å²) in [6.07, 6.45) is -3.41. The first-order chi connectivity index (χ1) is 19.7. The van der Waals surface area contributed by atoms with Gasteiger partial charge in [-0.05, 0) is 22.3 Å². The topological polar surface area (TPSA) is 74.2 Å². The lowest BCUT2D eigenvalue weighted by Gasteiger charge is -2.34. The zero-order valence-electron chi connectivity index (χ0n) is 22.5. The van der Waals surface area contributed by atoms with Gasteiger partial charge >= 0.3 is 0 Å². The van der Waals surface area contributed by atoms with E-state index in [1.807, 2.05) is 121 Å². The number of ether oxygens (including phenoxy) is 4. The molecule has 6 nitrogen and oxygen atoms in total. The summed E-state index contributed by atoms with van der Waals surface area (Å²) in [6.45, 7) is 1.28. The highest BCUT2D eigenvalue weighted by Gasteiger charge is 2.37.